The SMILES string of the molecule is CN(C)CCCN(CCCCCCC1(CCCCCCN(CCCN(C)C)CCCN(C)C)c2cc(C(C)(C)C)cnc2-c2ncc(C(C)(C)C)cc21)CCCN(C)C. The maximum Gasteiger partial charge on any atom is 0.0930 e. The van der Waals surface area contributed by atoms with Gasteiger partial charge in [-0.1, -0.05) is 92.2 Å². The molecule has 8 heteroatoms. The minimum Gasteiger partial charge on any atom is -0.309 e. The summed E-state index contributed by atoms with van der Waals surface area (Å²) in [6.45, 7) is 26.0. The van der Waals surface area contributed by atoms with Gasteiger partial charge in [-0.15, -0.1) is 0 Å². The molecule has 1 aliphatic rings. The first-order valence-corrected chi connectivity index (χ1v) is 23.9. The minimum atomic E-state index is -0.0397. The van der Waals surface area contributed by atoms with Crippen LogP contribution in [0.25, 0.3) is 11.4 Å². The van der Waals surface area contributed by atoms with Crippen molar-refractivity contribution in [2.45, 2.75) is 148 Å². The van der Waals surface area contributed by atoms with Crippen molar-refractivity contribution in [1.29, 1.82) is 0 Å². The van der Waals surface area contributed by atoms with Crippen molar-refractivity contribution in [3.8, 4) is 11.4 Å². The van der Waals surface area contributed by atoms with Crippen molar-refractivity contribution in [3.05, 3.63) is 46.8 Å². The van der Waals surface area contributed by atoms with Crippen LogP contribution in [0.1, 0.15) is 154 Å². The fourth-order valence-electron chi connectivity index (χ4n) is 9.01. The average Bonchev–Trinajstić information content (AvgIpc) is 3.41. The van der Waals surface area contributed by atoms with Gasteiger partial charge in [0.15, 0.2) is 0 Å². The Morgan fingerprint density at radius 1 is 0.390 bits per heavy atom. The topological polar surface area (TPSA) is 45.2 Å². The van der Waals surface area contributed by atoms with E-state index in [9.17, 15) is 0 Å². The predicted molar refractivity (Wildman–Crippen MR) is 257 cm³/mol. The van der Waals surface area contributed by atoms with Crippen LogP contribution in [0.4, 0.5) is 0 Å². The maximum atomic E-state index is 5.26. The van der Waals surface area contributed by atoms with Gasteiger partial charge in [-0.3, -0.25) is 9.97 Å². The van der Waals surface area contributed by atoms with Gasteiger partial charge in [0.25, 0.3) is 0 Å². The largest absolute Gasteiger partial charge is 0.309 e. The molecular weight excluding hydrogens is 725 g/mol. The summed E-state index contributed by atoms with van der Waals surface area (Å²) in [5.74, 6) is 0. The van der Waals surface area contributed by atoms with Crippen molar-refractivity contribution < 1.29 is 0 Å². The number of aromatic nitrogens is 2. The molecule has 3 rings (SSSR count). The summed E-state index contributed by atoms with van der Waals surface area (Å²) in [6.07, 6.45) is 21.9. The molecule has 2 heterocycles. The van der Waals surface area contributed by atoms with Crippen LogP contribution in [0.3, 0.4) is 0 Å². The van der Waals surface area contributed by atoms with Gasteiger partial charge in [0, 0.05) is 17.8 Å². The van der Waals surface area contributed by atoms with E-state index in [-0.39, 0.29) is 16.2 Å². The second-order valence-electron chi connectivity index (χ2n) is 21.5. The molecule has 0 fully saturated rings. The summed E-state index contributed by atoms with van der Waals surface area (Å²) in [7, 11) is 17.6. The van der Waals surface area contributed by atoms with Crippen LogP contribution in [0, 0.1) is 0 Å². The van der Waals surface area contributed by atoms with Gasteiger partial charge < -0.3 is 29.4 Å². The van der Waals surface area contributed by atoms with Gasteiger partial charge in [0.05, 0.1) is 11.4 Å². The fraction of sp³-hybridized carbons (Fsp3) is 0.804. The molecule has 0 atom stereocenters. The first-order chi connectivity index (χ1) is 27.8. The van der Waals surface area contributed by atoms with Crippen molar-refractivity contribution >= 4 is 0 Å². The van der Waals surface area contributed by atoms with Gasteiger partial charge >= 0.3 is 0 Å². The van der Waals surface area contributed by atoms with Crippen LogP contribution in [0.15, 0.2) is 24.5 Å². The molecule has 1 aliphatic carbocycles. The lowest BCUT2D eigenvalue weighted by molar-refractivity contribution is 0.235. The van der Waals surface area contributed by atoms with Crippen molar-refractivity contribution in [2.24, 2.45) is 0 Å². The van der Waals surface area contributed by atoms with Gasteiger partial charge in [-0.25, -0.2) is 0 Å². The van der Waals surface area contributed by atoms with E-state index in [2.05, 4.69) is 152 Å². The molecule has 59 heavy (non-hydrogen) atoms. The van der Waals surface area contributed by atoms with E-state index in [0.29, 0.717) is 0 Å². The molecule has 8 nitrogen and oxygen atoms in total. The number of nitrogens with zero attached hydrogens (tertiary/aromatic N) is 8. The highest BCUT2D eigenvalue weighted by Crippen LogP contribution is 2.54. The Hall–Kier alpha value is -1.94. The third-order valence-corrected chi connectivity index (χ3v) is 12.7. The summed E-state index contributed by atoms with van der Waals surface area (Å²) in [5.41, 5.74) is 7.94. The lowest BCUT2D eigenvalue weighted by Crippen LogP contribution is -2.31. The highest BCUT2D eigenvalue weighted by atomic mass is 15.1. The van der Waals surface area contributed by atoms with Crippen LogP contribution in [-0.2, 0) is 16.2 Å². The molecule has 0 amide bonds. The van der Waals surface area contributed by atoms with Crippen molar-refractivity contribution in [3.63, 3.8) is 0 Å². The molecule has 0 N–H and O–H groups in total. The lowest BCUT2D eigenvalue weighted by atomic mass is 9.69. The van der Waals surface area contributed by atoms with E-state index in [1.54, 1.807) is 0 Å². The monoisotopic (exact) mass is 819 g/mol. The Balaban J connectivity index is 1.79. The molecule has 0 saturated carbocycles. The second-order valence-corrected chi connectivity index (χ2v) is 21.5. The van der Waals surface area contributed by atoms with Crippen LogP contribution in [-0.4, -0.2) is 161 Å². The first-order valence-electron chi connectivity index (χ1n) is 23.9. The van der Waals surface area contributed by atoms with Crippen molar-refractivity contribution in [2.75, 3.05) is 122 Å². The highest BCUT2D eigenvalue weighted by Gasteiger charge is 2.45. The van der Waals surface area contributed by atoms with E-state index < -0.39 is 0 Å². The zero-order chi connectivity index (χ0) is 43.6. The van der Waals surface area contributed by atoms with Gasteiger partial charge in [-0.05, 0) is 206 Å². The first kappa shape index (κ1) is 51.4. The van der Waals surface area contributed by atoms with Gasteiger partial charge in [0.2, 0.25) is 0 Å². The Kier molecular flexibility index (Phi) is 22.0. The third kappa shape index (κ3) is 17.8. The molecule has 0 saturated heterocycles. The summed E-state index contributed by atoms with van der Waals surface area (Å²) < 4.78 is 0. The molecule has 0 unspecified atom stereocenters. The molecular formula is C51H94N8. The van der Waals surface area contributed by atoms with E-state index in [1.165, 1.54) is 178 Å². The molecule has 0 bridgehead atoms. The molecule has 2 aromatic heterocycles. The Bertz CT molecular complexity index is 1320. The zero-order valence-electron chi connectivity index (χ0n) is 41.4. The van der Waals surface area contributed by atoms with E-state index in [0.717, 1.165) is 11.4 Å². The highest BCUT2D eigenvalue weighted by molar-refractivity contribution is 5.76. The molecule has 0 aromatic carbocycles. The fourth-order valence-corrected chi connectivity index (χ4v) is 9.01. The lowest BCUT2D eigenvalue weighted by Gasteiger charge is -2.34. The van der Waals surface area contributed by atoms with Crippen molar-refractivity contribution in [1.82, 2.24) is 39.4 Å². The third-order valence-electron chi connectivity index (χ3n) is 12.7. The summed E-state index contributed by atoms with van der Waals surface area (Å²) in [5, 5.41) is 0. The smallest absolute Gasteiger partial charge is 0.0930 e. The Labute approximate surface area is 365 Å². The number of rotatable bonds is 30. The summed E-state index contributed by atoms with van der Waals surface area (Å²) in [6, 6.07) is 5.11. The average molecular weight is 819 g/mol. The molecule has 2 aromatic rings. The maximum absolute atomic E-state index is 5.26. The number of hydrogen-bond acceptors (Lipinski definition) is 8. The molecule has 0 aliphatic heterocycles. The summed E-state index contributed by atoms with van der Waals surface area (Å²) >= 11 is 0. The number of fused-ring (bicyclic) bond motifs is 3. The van der Waals surface area contributed by atoms with Gasteiger partial charge in [-0.2, -0.15) is 0 Å². The van der Waals surface area contributed by atoms with Crippen LogP contribution < -0.4 is 0 Å². The molecule has 338 valence electrons. The van der Waals surface area contributed by atoms with E-state index in [1.807, 2.05) is 0 Å². The van der Waals surface area contributed by atoms with Crippen LogP contribution >= 0.6 is 0 Å². The number of hydrogen-bond donors (Lipinski definition) is 0. The molecule has 0 spiro atoms. The summed E-state index contributed by atoms with van der Waals surface area (Å²) in [4.78, 5) is 25.3. The number of unbranched alkanes of at least 4 members (excludes halogenated alkanes) is 6. The molecule has 0 radical (unpaired) electrons. The van der Waals surface area contributed by atoms with E-state index >= 15 is 0 Å². The number of pyridine rings is 2. The van der Waals surface area contributed by atoms with E-state index in [4.69, 9.17) is 9.97 Å². The second kappa shape index (κ2) is 25.2. The normalized spacial score (nSPS) is 14.2. The predicted octanol–water partition coefficient (Wildman–Crippen LogP) is 9.65. The standard InChI is InChI=1S/C51H94N8/c1-49(2,3)43-39-45-47(52-41-43)48-46(40-44(42-53-48)50(4,5)6)51(45,27-19-15-17-21-33-58(35-23-29-54(7)8)36-24-30-55(9)10)28-20-16-18-22-34-59(37-25-31-56(11)12)38-26-32-57(13)14/h39-42H,15-38H2,1-14H3. The Morgan fingerprint density at radius 3 is 0.966 bits per heavy atom. The minimum absolute atomic E-state index is 0.0397. The Morgan fingerprint density at radius 2 is 0.678 bits per heavy atom. The van der Waals surface area contributed by atoms with Gasteiger partial charge in [0.1, 0.15) is 0 Å². The zero-order valence-corrected chi connectivity index (χ0v) is 41.4. The van der Waals surface area contributed by atoms with Crippen LogP contribution in [0.5, 0.6) is 0 Å². The quantitative estimate of drug-likeness (QED) is 0.0723. The van der Waals surface area contributed by atoms with Crippen LogP contribution in [0.2, 0.25) is 0 Å².